The smallest absolute Gasteiger partial charge is 0.289 e. The van der Waals surface area contributed by atoms with Crippen LogP contribution in [0.25, 0.3) is 21.8 Å². The van der Waals surface area contributed by atoms with Crippen LogP contribution in [-0.2, 0) is 20.0 Å². The molecule has 1 N–H and O–H groups in total. The van der Waals surface area contributed by atoms with Crippen molar-refractivity contribution in [2.45, 2.75) is 62.6 Å². The first-order valence-corrected chi connectivity index (χ1v) is 22.4. The molecule has 4 heterocycles. The molecule has 2 aromatic heterocycles. The Labute approximate surface area is 333 Å². The number of nitrogens with zero attached hydrogens (tertiary/aromatic N) is 8. The Morgan fingerprint density at radius 3 is 2.53 bits per heavy atom. The van der Waals surface area contributed by atoms with E-state index in [2.05, 4.69) is 24.2 Å². The van der Waals surface area contributed by atoms with E-state index < -0.39 is 25.9 Å². The van der Waals surface area contributed by atoms with E-state index in [0.717, 1.165) is 42.4 Å². The van der Waals surface area contributed by atoms with Crippen LogP contribution in [0.2, 0.25) is 0 Å². The van der Waals surface area contributed by atoms with Gasteiger partial charge >= 0.3 is 0 Å². The van der Waals surface area contributed by atoms with E-state index in [9.17, 15) is 26.5 Å². The van der Waals surface area contributed by atoms with Crippen LogP contribution in [0.4, 0.5) is 16.0 Å². The van der Waals surface area contributed by atoms with Crippen molar-refractivity contribution in [3.63, 3.8) is 0 Å². The Morgan fingerprint density at radius 2 is 1.81 bits per heavy atom. The van der Waals surface area contributed by atoms with Crippen LogP contribution >= 0.6 is 0 Å². The SMILES string of the molecule is COc1ccc2c(c1)c(N1CCCC(CN(C(C)C)S(=O)(=O)c3ccccc3)C1)nc[n+]2C1CCN(c2ncnc3cc(C#N)c(F)cc23)C(CNS(C)(=O)=O)C1. The van der Waals surface area contributed by atoms with E-state index in [0.29, 0.717) is 54.9 Å². The monoisotopic (exact) mass is 816 g/mol. The molecule has 0 radical (unpaired) electrons. The van der Waals surface area contributed by atoms with Crippen molar-refractivity contribution in [1.82, 2.24) is 24.0 Å². The second-order valence-corrected chi connectivity index (χ2v) is 18.8. The second-order valence-electron chi connectivity index (χ2n) is 15.1. The minimum atomic E-state index is -3.70. The summed E-state index contributed by atoms with van der Waals surface area (Å²) >= 11 is 0. The Morgan fingerprint density at radius 1 is 1.02 bits per heavy atom. The van der Waals surface area contributed by atoms with Gasteiger partial charge in [0.1, 0.15) is 41.3 Å². The van der Waals surface area contributed by atoms with Gasteiger partial charge in [-0.15, -0.1) is 0 Å². The van der Waals surface area contributed by atoms with Gasteiger partial charge in [0.05, 0.1) is 34.7 Å². The molecule has 17 heteroatoms. The number of nitriles is 1. The second kappa shape index (κ2) is 16.5. The van der Waals surface area contributed by atoms with Gasteiger partial charge in [0.25, 0.3) is 12.1 Å². The minimum absolute atomic E-state index is 0.0692. The van der Waals surface area contributed by atoms with Crippen LogP contribution in [0, 0.1) is 23.1 Å². The fraction of sp³-hybridized carbons (Fsp3) is 0.425. The van der Waals surface area contributed by atoms with E-state index >= 15 is 0 Å². The number of sulfonamides is 2. The molecule has 0 saturated carbocycles. The highest BCUT2D eigenvalue weighted by molar-refractivity contribution is 7.89. The van der Waals surface area contributed by atoms with E-state index in [1.54, 1.807) is 35.7 Å². The quantitative estimate of drug-likeness (QED) is 0.176. The molecule has 300 valence electrons. The number of piperidine rings is 2. The first-order valence-electron chi connectivity index (χ1n) is 19.0. The third kappa shape index (κ3) is 8.50. The Bertz CT molecular complexity index is 2540. The molecule has 0 aliphatic carbocycles. The first kappa shape index (κ1) is 40.2. The Kier molecular flexibility index (Phi) is 11.6. The minimum Gasteiger partial charge on any atom is -0.497 e. The molecule has 2 aliphatic heterocycles. The summed E-state index contributed by atoms with van der Waals surface area (Å²) < 4.78 is 79.2. The average Bonchev–Trinajstić information content (AvgIpc) is 3.21. The topological polar surface area (TPSA) is 166 Å². The summed E-state index contributed by atoms with van der Waals surface area (Å²) in [6, 6.07) is 18.3. The van der Waals surface area contributed by atoms with Crippen LogP contribution < -0.4 is 23.8 Å². The molecule has 2 fully saturated rings. The first-order chi connectivity index (χ1) is 27.3. The Hall–Kier alpha value is -5.02. The number of hydrogen-bond donors (Lipinski definition) is 1. The van der Waals surface area contributed by atoms with Crippen LogP contribution in [0.1, 0.15) is 51.1 Å². The normalized spacial score (nSPS) is 19.4. The maximum atomic E-state index is 14.9. The van der Waals surface area contributed by atoms with Crippen molar-refractivity contribution in [3.8, 4) is 11.8 Å². The van der Waals surface area contributed by atoms with Gasteiger partial charge in [0, 0.05) is 63.0 Å². The number of methoxy groups -OCH3 is 1. The lowest BCUT2D eigenvalue weighted by atomic mass is 9.95. The lowest BCUT2D eigenvalue weighted by Crippen LogP contribution is -2.54. The molecule has 2 aliphatic rings. The van der Waals surface area contributed by atoms with Gasteiger partial charge in [-0.3, -0.25) is 0 Å². The lowest BCUT2D eigenvalue weighted by Gasteiger charge is -2.40. The molecule has 0 spiro atoms. The summed E-state index contributed by atoms with van der Waals surface area (Å²) in [5.41, 5.74) is 1.22. The molecule has 3 unspecified atom stereocenters. The van der Waals surface area contributed by atoms with Crippen molar-refractivity contribution < 1.29 is 30.5 Å². The Balaban J connectivity index is 1.20. The molecule has 2 saturated heterocycles. The zero-order valence-electron chi connectivity index (χ0n) is 32.4. The number of fused-ring (bicyclic) bond motifs is 2. The summed E-state index contributed by atoms with van der Waals surface area (Å²) in [7, 11) is -5.63. The molecular weight excluding hydrogens is 770 g/mol. The molecular formula is C40H47FN9O5S2+. The zero-order valence-corrected chi connectivity index (χ0v) is 34.0. The third-order valence-corrected chi connectivity index (χ3v) is 13.7. The molecule has 7 rings (SSSR count). The van der Waals surface area contributed by atoms with E-state index in [1.165, 1.54) is 18.5 Å². The fourth-order valence-electron chi connectivity index (χ4n) is 8.19. The molecule has 0 amide bonds. The molecule has 0 bridgehead atoms. The summed E-state index contributed by atoms with van der Waals surface area (Å²) in [4.78, 5) is 18.4. The van der Waals surface area contributed by atoms with E-state index in [4.69, 9.17) is 9.72 Å². The van der Waals surface area contributed by atoms with Crippen molar-refractivity contribution in [1.29, 1.82) is 5.26 Å². The number of hydrogen-bond acceptors (Lipinski definition) is 11. The largest absolute Gasteiger partial charge is 0.497 e. The van der Waals surface area contributed by atoms with Gasteiger partial charge in [-0.2, -0.15) is 9.57 Å². The van der Waals surface area contributed by atoms with Gasteiger partial charge in [0.2, 0.25) is 20.0 Å². The molecule has 57 heavy (non-hydrogen) atoms. The summed E-state index contributed by atoms with van der Waals surface area (Å²) in [5, 5.41) is 10.7. The number of ether oxygens (including phenoxy) is 1. The fourth-order valence-corrected chi connectivity index (χ4v) is 10.4. The molecule has 3 atom stereocenters. The standard InChI is InChI=1S/C40H47FN9O5S2/c1-27(2)50(57(53,54)33-10-6-5-7-11-33)24-28-9-8-15-47(23-28)39-35-19-32(55-3)12-13-38(35)49(26-45-39)30-14-16-48(31(18-30)22-46-56(4,51)52)40-34-20-36(41)29(21-42)17-37(34)43-25-44-40/h5-7,10-13,17,19-20,25-28,30-31,46H,8-9,14-16,18,22-24H2,1-4H3/q+1. The lowest BCUT2D eigenvalue weighted by molar-refractivity contribution is -0.703. The van der Waals surface area contributed by atoms with Crippen molar-refractivity contribution in [3.05, 3.63) is 84.7 Å². The van der Waals surface area contributed by atoms with Crippen LogP contribution in [-0.4, -0.2) is 94.3 Å². The van der Waals surface area contributed by atoms with Gasteiger partial charge in [-0.05, 0) is 80.1 Å². The number of rotatable bonds is 12. The predicted molar refractivity (Wildman–Crippen MR) is 215 cm³/mol. The molecule has 14 nitrogen and oxygen atoms in total. The van der Waals surface area contributed by atoms with Crippen LogP contribution in [0.5, 0.6) is 5.75 Å². The number of benzene rings is 3. The number of halogens is 1. The van der Waals surface area contributed by atoms with Gasteiger partial charge in [-0.25, -0.2) is 40.5 Å². The van der Waals surface area contributed by atoms with Gasteiger partial charge in [-0.1, -0.05) is 18.2 Å². The van der Waals surface area contributed by atoms with Crippen LogP contribution in [0.3, 0.4) is 0 Å². The number of anilines is 2. The van der Waals surface area contributed by atoms with Crippen molar-refractivity contribution >= 4 is 53.5 Å². The van der Waals surface area contributed by atoms with E-state index in [1.807, 2.05) is 55.4 Å². The molecule has 3 aromatic carbocycles. The number of nitrogens with one attached hydrogen (secondary N) is 1. The average molecular weight is 817 g/mol. The number of aromatic nitrogens is 4. The highest BCUT2D eigenvalue weighted by Gasteiger charge is 2.37. The third-order valence-electron chi connectivity index (χ3n) is 11.0. The molecule has 5 aromatic rings. The van der Waals surface area contributed by atoms with Gasteiger partial charge in [0.15, 0.2) is 0 Å². The zero-order chi connectivity index (χ0) is 40.5. The van der Waals surface area contributed by atoms with E-state index in [-0.39, 0.29) is 41.0 Å². The highest BCUT2D eigenvalue weighted by Crippen LogP contribution is 2.35. The van der Waals surface area contributed by atoms with Crippen molar-refractivity contribution in [2.24, 2.45) is 5.92 Å². The summed E-state index contributed by atoms with van der Waals surface area (Å²) in [5.74, 6) is 1.30. The van der Waals surface area contributed by atoms with Crippen molar-refractivity contribution in [2.75, 3.05) is 55.9 Å². The predicted octanol–water partition coefficient (Wildman–Crippen LogP) is 4.56. The summed E-state index contributed by atoms with van der Waals surface area (Å²) in [6.45, 7) is 6.13. The highest BCUT2D eigenvalue weighted by atomic mass is 32.2. The maximum absolute atomic E-state index is 14.9. The van der Waals surface area contributed by atoms with Gasteiger partial charge < -0.3 is 14.5 Å². The summed E-state index contributed by atoms with van der Waals surface area (Å²) in [6.07, 6.45) is 7.22. The van der Waals surface area contributed by atoms with Crippen LogP contribution in [0.15, 0.2) is 78.2 Å². The maximum Gasteiger partial charge on any atom is 0.289 e.